The zero-order valence-electron chi connectivity index (χ0n) is 23.1. The van der Waals surface area contributed by atoms with Gasteiger partial charge in [-0.1, -0.05) is 70.2 Å². The monoisotopic (exact) mass is 506 g/mol. The van der Waals surface area contributed by atoms with Gasteiger partial charge in [-0.05, 0) is 72.4 Å². The molecule has 2 aromatic rings. The van der Waals surface area contributed by atoms with Crippen molar-refractivity contribution in [1.29, 1.82) is 0 Å². The van der Waals surface area contributed by atoms with E-state index in [1.165, 1.54) is 0 Å². The predicted molar refractivity (Wildman–Crippen MR) is 145 cm³/mol. The standard InChI is InChI=1S/C32H42O5/c1-20(2)15-29-25-9-7-8-10-26(25)30(16-21(3)4)37-32(33)27-18-28(22(5)17-31(27)36-29)35-19-23-11-13-24(34-6)14-12-23/h7-14,17,20-21,27-31H,15-16,18-19H2,1-6H3/t27-,28+,29+,30+,31-/m1/s1. The van der Waals surface area contributed by atoms with Crippen LogP contribution in [0.5, 0.6) is 5.75 Å². The van der Waals surface area contributed by atoms with Crippen LogP contribution in [0.3, 0.4) is 0 Å². The molecule has 2 aromatic carbocycles. The number of ether oxygens (including phenoxy) is 4. The maximum atomic E-state index is 13.7. The second-order valence-electron chi connectivity index (χ2n) is 11.3. The first kappa shape index (κ1) is 27.4. The molecule has 0 spiro atoms. The van der Waals surface area contributed by atoms with Crippen LogP contribution < -0.4 is 4.74 Å². The zero-order chi connectivity index (χ0) is 26.5. The highest BCUT2D eigenvalue weighted by atomic mass is 16.6. The fourth-order valence-corrected chi connectivity index (χ4v) is 5.38. The highest BCUT2D eigenvalue weighted by Crippen LogP contribution is 2.41. The summed E-state index contributed by atoms with van der Waals surface area (Å²) in [4.78, 5) is 13.7. The Morgan fingerprint density at radius 3 is 2.16 bits per heavy atom. The van der Waals surface area contributed by atoms with Crippen LogP contribution in [0.2, 0.25) is 0 Å². The van der Waals surface area contributed by atoms with Crippen molar-refractivity contribution >= 4 is 5.97 Å². The first-order valence-electron chi connectivity index (χ1n) is 13.6. The molecular formula is C32H42O5. The van der Waals surface area contributed by atoms with Crippen molar-refractivity contribution in [2.75, 3.05) is 7.11 Å². The summed E-state index contributed by atoms with van der Waals surface area (Å²) in [6, 6.07) is 16.2. The van der Waals surface area contributed by atoms with Crippen LogP contribution in [0.1, 0.15) is 82.8 Å². The molecule has 0 bridgehead atoms. The lowest BCUT2D eigenvalue weighted by Gasteiger charge is -2.35. The van der Waals surface area contributed by atoms with Crippen LogP contribution in [0, 0.1) is 17.8 Å². The van der Waals surface area contributed by atoms with Crippen molar-refractivity contribution in [3.8, 4) is 5.75 Å². The molecule has 0 saturated carbocycles. The van der Waals surface area contributed by atoms with Gasteiger partial charge >= 0.3 is 5.97 Å². The molecule has 5 nitrogen and oxygen atoms in total. The average molecular weight is 507 g/mol. The third-order valence-corrected chi connectivity index (χ3v) is 7.35. The smallest absolute Gasteiger partial charge is 0.312 e. The number of methoxy groups -OCH3 is 1. The lowest BCUT2D eigenvalue weighted by molar-refractivity contribution is -0.163. The van der Waals surface area contributed by atoms with E-state index in [1.54, 1.807) is 7.11 Å². The molecule has 0 saturated heterocycles. The summed E-state index contributed by atoms with van der Waals surface area (Å²) in [6.45, 7) is 11.3. The van der Waals surface area contributed by atoms with Gasteiger partial charge in [-0.2, -0.15) is 0 Å². The molecule has 5 heteroatoms. The van der Waals surface area contributed by atoms with E-state index in [4.69, 9.17) is 18.9 Å². The van der Waals surface area contributed by atoms with Gasteiger partial charge in [0.2, 0.25) is 0 Å². The Labute approximate surface area is 222 Å². The summed E-state index contributed by atoms with van der Waals surface area (Å²) >= 11 is 0. The Hall–Kier alpha value is -2.63. The van der Waals surface area contributed by atoms with E-state index in [2.05, 4.69) is 58.9 Å². The normalized spacial score (nSPS) is 25.9. The molecule has 0 amide bonds. The molecular weight excluding hydrogens is 464 g/mol. The summed E-state index contributed by atoms with van der Waals surface area (Å²) in [5.41, 5.74) is 4.37. The third kappa shape index (κ3) is 6.82. The van der Waals surface area contributed by atoms with Crippen LogP contribution in [-0.2, 0) is 25.6 Å². The minimum absolute atomic E-state index is 0.103. The van der Waals surface area contributed by atoms with E-state index in [-0.39, 0.29) is 30.4 Å². The fraction of sp³-hybridized carbons (Fsp3) is 0.531. The Bertz CT molecular complexity index is 1070. The summed E-state index contributed by atoms with van der Waals surface area (Å²) in [7, 11) is 1.66. The number of carbonyl (C=O) groups excluding carboxylic acids is 1. The summed E-state index contributed by atoms with van der Waals surface area (Å²) < 4.78 is 24.7. The molecule has 0 N–H and O–H groups in total. The predicted octanol–water partition coefficient (Wildman–Crippen LogP) is 7.36. The Morgan fingerprint density at radius 1 is 0.919 bits per heavy atom. The molecule has 0 unspecified atom stereocenters. The quantitative estimate of drug-likeness (QED) is 0.276. The highest BCUT2D eigenvalue weighted by molar-refractivity contribution is 5.74. The van der Waals surface area contributed by atoms with E-state index >= 15 is 0 Å². The van der Waals surface area contributed by atoms with Crippen molar-refractivity contribution in [2.45, 2.75) is 84.9 Å². The second kappa shape index (κ2) is 12.3. The zero-order valence-corrected chi connectivity index (χ0v) is 23.1. The van der Waals surface area contributed by atoms with Gasteiger partial charge in [-0.3, -0.25) is 4.79 Å². The number of cyclic esters (lactones) is 1. The first-order valence-corrected chi connectivity index (χ1v) is 13.6. The summed E-state index contributed by atoms with van der Waals surface area (Å²) in [5, 5.41) is 0. The van der Waals surface area contributed by atoms with Gasteiger partial charge in [0.25, 0.3) is 0 Å². The minimum Gasteiger partial charge on any atom is -0.497 e. The summed E-state index contributed by atoms with van der Waals surface area (Å²) in [6.07, 6.45) is 3.39. The average Bonchev–Trinajstić information content (AvgIpc) is 2.90. The lowest BCUT2D eigenvalue weighted by Crippen LogP contribution is -2.39. The molecule has 0 fully saturated rings. The van der Waals surface area contributed by atoms with Crippen LogP contribution in [0.25, 0.3) is 0 Å². The van der Waals surface area contributed by atoms with Crippen LogP contribution in [0.4, 0.5) is 0 Å². The third-order valence-electron chi connectivity index (χ3n) is 7.35. The van der Waals surface area contributed by atoms with Crippen LogP contribution >= 0.6 is 0 Å². The number of esters is 1. The van der Waals surface area contributed by atoms with Crippen LogP contribution in [-0.4, -0.2) is 25.3 Å². The lowest BCUT2D eigenvalue weighted by atomic mass is 9.85. The maximum Gasteiger partial charge on any atom is 0.312 e. The topological polar surface area (TPSA) is 54.0 Å². The number of rotatable bonds is 8. The fourth-order valence-electron chi connectivity index (χ4n) is 5.38. The molecule has 1 aliphatic carbocycles. The van der Waals surface area contributed by atoms with Gasteiger partial charge in [0.1, 0.15) is 11.9 Å². The molecule has 5 atom stereocenters. The van der Waals surface area contributed by atoms with Gasteiger partial charge in [-0.15, -0.1) is 0 Å². The van der Waals surface area contributed by atoms with Gasteiger partial charge in [0, 0.05) is 0 Å². The number of hydrogen-bond donors (Lipinski definition) is 0. The minimum atomic E-state index is -0.414. The summed E-state index contributed by atoms with van der Waals surface area (Å²) in [5.74, 6) is 1.05. The van der Waals surface area contributed by atoms with Gasteiger partial charge in [0.15, 0.2) is 0 Å². The van der Waals surface area contributed by atoms with Crippen molar-refractivity contribution < 1.29 is 23.7 Å². The molecule has 0 aromatic heterocycles. The van der Waals surface area contributed by atoms with Crippen LogP contribution in [0.15, 0.2) is 60.2 Å². The van der Waals surface area contributed by atoms with Gasteiger partial charge < -0.3 is 18.9 Å². The maximum absolute atomic E-state index is 13.7. The van der Waals surface area contributed by atoms with Crippen molar-refractivity contribution in [3.63, 3.8) is 0 Å². The van der Waals surface area contributed by atoms with E-state index in [1.807, 2.05) is 30.3 Å². The highest BCUT2D eigenvalue weighted by Gasteiger charge is 2.41. The van der Waals surface area contributed by atoms with E-state index in [0.717, 1.165) is 40.9 Å². The Morgan fingerprint density at radius 2 is 1.54 bits per heavy atom. The SMILES string of the molecule is COc1ccc(CO[C@H]2C[C@H]3C(=O)O[C@@H](CC(C)C)c4ccccc4[C@H](CC(C)C)O[C@@H]3C=C2C)cc1. The molecule has 0 radical (unpaired) electrons. The molecule has 4 rings (SSSR count). The van der Waals surface area contributed by atoms with E-state index in [9.17, 15) is 4.79 Å². The Kier molecular flexibility index (Phi) is 9.09. The van der Waals surface area contributed by atoms with E-state index in [0.29, 0.717) is 24.9 Å². The van der Waals surface area contributed by atoms with Crippen molar-refractivity contribution in [3.05, 3.63) is 76.9 Å². The van der Waals surface area contributed by atoms with E-state index < -0.39 is 5.92 Å². The van der Waals surface area contributed by atoms with Gasteiger partial charge in [-0.25, -0.2) is 0 Å². The number of carbonyl (C=O) groups is 1. The second-order valence-corrected chi connectivity index (χ2v) is 11.3. The number of benzene rings is 2. The molecule has 1 heterocycles. The molecule has 37 heavy (non-hydrogen) atoms. The van der Waals surface area contributed by atoms with Gasteiger partial charge in [0.05, 0.1) is 37.9 Å². The largest absolute Gasteiger partial charge is 0.497 e. The molecule has 2 aliphatic rings. The number of hydrogen-bond acceptors (Lipinski definition) is 5. The van der Waals surface area contributed by atoms with Crippen molar-refractivity contribution in [2.24, 2.45) is 17.8 Å². The van der Waals surface area contributed by atoms with Crippen molar-refractivity contribution in [1.82, 2.24) is 0 Å². The Balaban J connectivity index is 1.62. The molecule has 200 valence electrons. The number of fused-ring (bicyclic) bond motifs is 2. The molecule has 1 aliphatic heterocycles. The first-order chi connectivity index (χ1) is 17.7.